The number of hydrogen-bond acceptors (Lipinski definition) is 3. The van der Waals surface area contributed by atoms with Crippen molar-refractivity contribution >= 4 is 24.2 Å². The van der Waals surface area contributed by atoms with E-state index in [0.717, 1.165) is 5.69 Å². The predicted octanol–water partition coefficient (Wildman–Crippen LogP) is 0.974. The Morgan fingerprint density at radius 1 is 1.75 bits per heavy atom. The minimum atomic E-state index is -0.0358. The quantitative estimate of drug-likeness (QED) is 0.691. The standard InChI is InChI=1S/C8H10N2OS/c1-10(8(11)6-12)7-3-2-4-9-5-7/h2-5,12H,6H2,1H3. The summed E-state index contributed by atoms with van der Waals surface area (Å²) in [5.74, 6) is 0.178. The summed E-state index contributed by atoms with van der Waals surface area (Å²) < 4.78 is 0. The zero-order chi connectivity index (χ0) is 8.97. The van der Waals surface area contributed by atoms with Gasteiger partial charge in [0.05, 0.1) is 17.6 Å². The maximum absolute atomic E-state index is 11.1. The SMILES string of the molecule is CN(C(=O)CS)c1cccnc1. The van der Waals surface area contributed by atoms with Gasteiger partial charge in [-0.1, -0.05) is 0 Å². The number of aromatic nitrogens is 1. The number of carbonyl (C=O) groups is 1. The highest BCUT2D eigenvalue weighted by Gasteiger charge is 2.07. The third-order valence-corrected chi connectivity index (χ3v) is 1.81. The lowest BCUT2D eigenvalue weighted by Crippen LogP contribution is -2.27. The van der Waals surface area contributed by atoms with Crippen molar-refractivity contribution in [3.63, 3.8) is 0 Å². The highest BCUT2D eigenvalue weighted by Crippen LogP contribution is 2.09. The van der Waals surface area contributed by atoms with Gasteiger partial charge in [0.15, 0.2) is 0 Å². The van der Waals surface area contributed by atoms with Gasteiger partial charge in [0, 0.05) is 13.2 Å². The number of anilines is 1. The van der Waals surface area contributed by atoms with Crippen LogP contribution in [0.5, 0.6) is 0 Å². The molecule has 1 amide bonds. The largest absolute Gasteiger partial charge is 0.313 e. The third-order valence-electron chi connectivity index (χ3n) is 1.54. The second kappa shape index (κ2) is 4.11. The minimum absolute atomic E-state index is 0.0358. The molecule has 3 nitrogen and oxygen atoms in total. The summed E-state index contributed by atoms with van der Waals surface area (Å²) >= 11 is 3.89. The van der Waals surface area contributed by atoms with Gasteiger partial charge in [-0.3, -0.25) is 9.78 Å². The van der Waals surface area contributed by atoms with Crippen molar-refractivity contribution < 1.29 is 4.79 Å². The normalized spacial score (nSPS) is 9.50. The van der Waals surface area contributed by atoms with Crippen LogP contribution in [0.3, 0.4) is 0 Å². The molecule has 0 aliphatic carbocycles. The van der Waals surface area contributed by atoms with Gasteiger partial charge in [-0.05, 0) is 12.1 Å². The van der Waals surface area contributed by atoms with E-state index in [2.05, 4.69) is 17.6 Å². The maximum atomic E-state index is 11.1. The summed E-state index contributed by atoms with van der Waals surface area (Å²) in [6.45, 7) is 0. The topological polar surface area (TPSA) is 33.2 Å². The van der Waals surface area contributed by atoms with Crippen molar-refractivity contribution in [1.82, 2.24) is 4.98 Å². The Hall–Kier alpha value is -1.03. The average molecular weight is 182 g/mol. The molecule has 1 aromatic heterocycles. The third kappa shape index (κ3) is 1.98. The van der Waals surface area contributed by atoms with E-state index in [1.54, 1.807) is 25.5 Å². The van der Waals surface area contributed by atoms with Gasteiger partial charge in [0.25, 0.3) is 0 Å². The Kier molecular flexibility index (Phi) is 3.10. The van der Waals surface area contributed by atoms with E-state index in [1.807, 2.05) is 6.07 Å². The summed E-state index contributed by atoms with van der Waals surface area (Å²) in [5, 5.41) is 0. The first-order valence-electron chi connectivity index (χ1n) is 3.53. The monoisotopic (exact) mass is 182 g/mol. The second-order valence-electron chi connectivity index (χ2n) is 2.32. The van der Waals surface area contributed by atoms with Crippen LogP contribution in [0.25, 0.3) is 0 Å². The van der Waals surface area contributed by atoms with Crippen molar-refractivity contribution in [2.45, 2.75) is 0 Å². The summed E-state index contributed by atoms with van der Waals surface area (Å²) in [6, 6.07) is 3.62. The number of nitrogens with zero attached hydrogens (tertiary/aromatic N) is 2. The van der Waals surface area contributed by atoms with E-state index >= 15 is 0 Å². The molecular formula is C8H10N2OS. The van der Waals surface area contributed by atoms with Crippen LogP contribution >= 0.6 is 12.6 Å². The summed E-state index contributed by atoms with van der Waals surface area (Å²) in [6.07, 6.45) is 3.31. The molecule has 0 aliphatic heterocycles. The molecular weight excluding hydrogens is 172 g/mol. The van der Waals surface area contributed by atoms with Crippen LogP contribution in [0.15, 0.2) is 24.5 Å². The molecule has 1 heterocycles. The van der Waals surface area contributed by atoms with E-state index in [1.165, 1.54) is 4.90 Å². The van der Waals surface area contributed by atoms with E-state index in [4.69, 9.17) is 0 Å². The van der Waals surface area contributed by atoms with Crippen LogP contribution in [-0.4, -0.2) is 23.7 Å². The fourth-order valence-corrected chi connectivity index (χ4v) is 1.01. The van der Waals surface area contributed by atoms with Crippen molar-refractivity contribution in [2.24, 2.45) is 0 Å². The van der Waals surface area contributed by atoms with Gasteiger partial charge in [-0.15, -0.1) is 0 Å². The molecule has 0 aliphatic rings. The lowest BCUT2D eigenvalue weighted by molar-refractivity contribution is -0.115. The highest BCUT2D eigenvalue weighted by atomic mass is 32.1. The number of rotatable bonds is 2. The van der Waals surface area contributed by atoms with Crippen LogP contribution in [0.1, 0.15) is 0 Å². The minimum Gasteiger partial charge on any atom is -0.313 e. The number of amides is 1. The molecule has 12 heavy (non-hydrogen) atoms. The molecule has 64 valence electrons. The molecule has 0 fully saturated rings. The molecule has 0 spiro atoms. The zero-order valence-corrected chi connectivity index (χ0v) is 7.66. The summed E-state index contributed by atoms with van der Waals surface area (Å²) in [7, 11) is 1.70. The predicted molar refractivity (Wildman–Crippen MR) is 51.5 cm³/mol. The van der Waals surface area contributed by atoms with Crippen LogP contribution in [-0.2, 0) is 4.79 Å². The molecule has 0 saturated heterocycles. The Morgan fingerprint density at radius 2 is 2.50 bits per heavy atom. The number of hydrogen-bond donors (Lipinski definition) is 1. The molecule has 0 unspecified atom stereocenters. The Morgan fingerprint density at radius 3 is 3.00 bits per heavy atom. The van der Waals surface area contributed by atoms with E-state index in [9.17, 15) is 4.79 Å². The molecule has 1 aromatic rings. The fourth-order valence-electron chi connectivity index (χ4n) is 0.802. The molecule has 0 radical (unpaired) electrons. The molecule has 0 saturated carbocycles. The smallest absolute Gasteiger partial charge is 0.236 e. The number of pyridine rings is 1. The van der Waals surface area contributed by atoms with Gasteiger partial charge < -0.3 is 4.90 Å². The lowest BCUT2D eigenvalue weighted by Gasteiger charge is -2.14. The lowest BCUT2D eigenvalue weighted by atomic mass is 10.4. The Bertz CT molecular complexity index is 263. The first-order valence-corrected chi connectivity index (χ1v) is 4.16. The first kappa shape index (κ1) is 9.06. The maximum Gasteiger partial charge on any atom is 0.236 e. The van der Waals surface area contributed by atoms with Gasteiger partial charge in [-0.25, -0.2) is 0 Å². The first-order chi connectivity index (χ1) is 5.75. The van der Waals surface area contributed by atoms with E-state index < -0.39 is 0 Å². The molecule has 0 aromatic carbocycles. The van der Waals surface area contributed by atoms with Crippen LogP contribution < -0.4 is 4.90 Å². The van der Waals surface area contributed by atoms with Crippen LogP contribution in [0.2, 0.25) is 0 Å². The number of carbonyl (C=O) groups excluding carboxylic acids is 1. The summed E-state index contributed by atoms with van der Waals surface area (Å²) in [4.78, 5) is 16.6. The molecule has 0 atom stereocenters. The average Bonchev–Trinajstić information content (AvgIpc) is 2.17. The van der Waals surface area contributed by atoms with Gasteiger partial charge >= 0.3 is 0 Å². The highest BCUT2D eigenvalue weighted by molar-refractivity contribution is 7.81. The van der Waals surface area contributed by atoms with Crippen molar-refractivity contribution in [3.05, 3.63) is 24.5 Å². The molecule has 1 rings (SSSR count). The van der Waals surface area contributed by atoms with Gasteiger partial charge in [0.2, 0.25) is 5.91 Å². The molecule has 0 N–H and O–H groups in total. The van der Waals surface area contributed by atoms with E-state index in [-0.39, 0.29) is 11.7 Å². The molecule has 4 heteroatoms. The second-order valence-corrected chi connectivity index (χ2v) is 2.64. The fraction of sp³-hybridized carbons (Fsp3) is 0.250. The van der Waals surface area contributed by atoms with Crippen molar-refractivity contribution in [3.8, 4) is 0 Å². The molecule has 0 bridgehead atoms. The Labute approximate surface area is 76.8 Å². The van der Waals surface area contributed by atoms with Crippen molar-refractivity contribution in [2.75, 3.05) is 17.7 Å². The van der Waals surface area contributed by atoms with Crippen molar-refractivity contribution in [1.29, 1.82) is 0 Å². The van der Waals surface area contributed by atoms with Crippen LogP contribution in [0.4, 0.5) is 5.69 Å². The summed E-state index contributed by atoms with van der Waals surface area (Å²) in [5.41, 5.74) is 0.788. The van der Waals surface area contributed by atoms with Crippen LogP contribution in [0, 0.1) is 0 Å². The van der Waals surface area contributed by atoms with E-state index in [0.29, 0.717) is 0 Å². The van der Waals surface area contributed by atoms with Gasteiger partial charge in [-0.2, -0.15) is 12.6 Å². The number of thiol groups is 1. The zero-order valence-electron chi connectivity index (χ0n) is 6.77. The Balaban J connectivity index is 2.78. The van der Waals surface area contributed by atoms with Gasteiger partial charge in [0.1, 0.15) is 0 Å².